The van der Waals surface area contributed by atoms with Crippen LogP contribution < -0.4 is 0 Å². The number of para-hydroxylation sites is 2. The van der Waals surface area contributed by atoms with E-state index in [4.69, 9.17) is 19.9 Å². The summed E-state index contributed by atoms with van der Waals surface area (Å²) in [4.78, 5) is 21.9. The van der Waals surface area contributed by atoms with Gasteiger partial charge >= 0.3 is 0 Å². The largest absolute Gasteiger partial charge is 0.292 e. The third-order valence-electron chi connectivity index (χ3n) is 12.5. The quantitative estimate of drug-likeness (QED) is 0.168. The molecule has 13 rings (SSSR count). The Hall–Kier alpha value is -8.74. The van der Waals surface area contributed by atoms with E-state index >= 15 is 0 Å². The van der Waals surface area contributed by atoms with Crippen molar-refractivity contribution in [1.82, 2.24) is 29.1 Å². The van der Waals surface area contributed by atoms with Gasteiger partial charge in [0.15, 0.2) is 11.6 Å². The summed E-state index contributed by atoms with van der Waals surface area (Å²) in [5.74, 6) is 1.56. The van der Waals surface area contributed by atoms with Crippen LogP contribution in [-0.4, -0.2) is 29.1 Å². The molecule has 0 aliphatic carbocycles. The van der Waals surface area contributed by atoms with Crippen LogP contribution in [0.15, 0.2) is 218 Å². The van der Waals surface area contributed by atoms with Crippen molar-refractivity contribution in [2.45, 2.75) is 0 Å². The van der Waals surface area contributed by atoms with E-state index in [-0.39, 0.29) is 0 Å². The Balaban J connectivity index is 1.09. The second-order valence-electron chi connectivity index (χ2n) is 16.2. The molecular formula is C58H36N6. The minimum atomic E-state index is 0.780. The van der Waals surface area contributed by atoms with E-state index in [1.165, 1.54) is 0 Å². The van der Waals surface area contributed by atoms with Crippen molar-refractivity contribution >= 4 is 65.7 Å². The predicted molar refractivity (Wildman–Crippen MR) is 263 cm³/mol. The van der Waals surface area contributed by atoms with E-state index in [0.29, 0.717) is 0 Å². The highest BCUT2D eigenvalue weighted by Crippen LogP contribution is 2.44. The fraction of sp³-hybridized carbons (Fsp3) is 0. The molecule has 9 aromatic carbocycles. The Morgan fingerprint density at radius 1 is 0.250 bits per heavy atom. The van der Waals surface area contributed by atoms with Crippen LogP contribution in [0.25, 0.3) is 122 Å². The SMILES string of the molecule is c1ccc(-c2ccc3nc(-n4c5ccccc5c5c6c7ccccc7n(-c7nc8ccc(-c9ccccc9)cc8nc7-c7ccccc7)c6ccc54)c(-c4ccccc4)nc3c2)cc1. The van der Waals surface area contributed by atoms with Gasteiger partial charge in [-0.25, -0.2) is 19.9 Å². The predicted octanol–water partition coefficient (Wildman–Crippen LogP) is 14.4. The summed E-state index contributed by atoms with van der Waals surface area (Å²) in [6.07, 6.45) is 0. The lowest BCUT2D eigenvalue weighted by Crippen LogP contribution is -2.04. The van der Waals surface area contributed by atoms with Gasteiger partial charge in [-0.1, -0.05) is 170 Å². The zero-order valence-electron chi connectivity index (χ0n) is 34.5. The maximum absolute atomic E-state index is 5.50. The number of nitrogens with zero attached hydrogens (tertiary/aromatic N) is 6. The Labute approximate surface area is 368 Å². The molecule has 0 fully saturated rings. The summed E-state index contributed by atoms with van der Waals surface area (Å²) in [5.41, 5.74) is 15.7. The van der Waals surface area contributed by atoms with Gasteiger partial charge in [0.1, 0.15) is 11.4 Å². The van der Waals surface area contributed by atoms with Crippen molar-refractivity contribution in [2.24, 2.45) is 0 Å². The number of aromatic nitrogens is 6. The van der Waals surface area contributed by atoms with Crippen molar-refractivity contribution in [1.29, 1.82) is 0 Å². The zero-order chi connectivity index (χ0) is 42.1. The van der Waals surface area contributed by atoms with Gasteiger partial charge in [-0.15, -0.1) is 0 Å². The van der Waals surface area contributed by atoms with Gasteiger partial charge < -0.3 is 0 Å². The monoisotopic (exact) mass is 816 g/mol. The normalized spacial score (nSPS) is 11.8. The maximum Gasteiger partial charge on any atom is 0.165 e. The molecule has 298 valence electrons. The molecule has 0 bridgehead atoms. The minimum absolute atomic E-state index is 0.780. The van der Waals surface area contributed by atoms with E-state index in [1.807, 2.05) is 24.3 Å². The molecule has 4 heterocycles. The number of hydrogen-bond donors (Lipinski definition) is 0. The highest BCUT2D eigenvalue weighted by molar-refractivity contribution is 6.29. The molecule has 4 aromatic heterocycles. The van der Waals surface area contributed by atoms with Gasteiger partial charge in [0, 0.05) is 32.7 Å². The van der Waals surface area contributed by atoms with Crippen LogP contribution in [0.3, 0.4) is 0 Å². The Bertz CT molecular complexity index is 3670. The summed E-state index contributed by atoms with van der Waals surface area (Å²) in [6, 6.07) is 76.4. The highest BCUT2D eigenvalue weighted by atomic mass is 15.1. The third-order valence-corrected chi connectivity index (χ3v) is 12.5. The van der Waals surface area contributed by atoms with Gasteiger partial charge in [-0.05, 0) is 70.8 Å². The van der Waals surface area contributed by atoms with E-state index in [1.54, 1.807) is 0 Å². The number of rotatable bonds is 6. The molecule has 64 heavy (non-hydrogen) atoms. The number of benzene rings is 9. The van der Waals surface area contributed by atoms with Crippen LogP contribution in [-0.2, 0) is 0 Å². The van der Waals surface area contributed by atoms with Gasteiger partial charge in [0.05, 0.1) is 44.1 Å². The summed E-state index contributed by atoms with van der Waals surface area (Å²) < 4.78 is 4.62. The molecule has 0 unspecified atom stereocenters. The molecule has 0 N–H and O–H groups in total. The lowest BCUT2D eigenvalue weighted by Gasteiger charge is -2.15. The first kappa shape index (κ1) is 36.0. The second-order valence-corrected chi connectivity index (χ2v) is 16.2. The minimum Gasteiger partial charge on any atom is -0.292 e. The van der Waals surface area contributed by atoms with Crippen LogP contribution in [0.2, 0.25) is 0 Å². The molecule has 0 atom stereocenters. The molecule has 0 saturated heterocycles. The fourth-order valence-corrected chi connectivity index (χ4v) is 9.58. The molecule has 0 aliphatic rings. The lowest BCUT2D eigenvalue weighted by atomic mass is 10.0. The highest BCUT2D eigenvalue weighted by Gasteiger charge is 2.25. The fourth-order valence-electron chi connectivity index (χ4n) is 9.58. The average Bonchev–Trinajstić information content (AvgIpc) is 3.89. The van der Waals surface area contributed by atoms with E-state index in [9.17, 15) is 0 Å². The average molecular weight is 817 g/mol. The van der Waals surface area contributed by atoms with Crippen molar-refractivity contribution < 1.29 is 0 Å². The van der Waals surface area contributed by atoms with Gasteiger partial charge in [-0.2, -0.15) is 0 Å². The van der Waals surface area contributed by atoms with Crippen LogP contribution >= 0.6 is 0 Å². The first-order valence-electron chi connectivity index (χ1n) is 21.6. The summed E-state index contributed by atoms with van der Waals surface area (Å²) in [7, 11) is 0. The molecule has 13 aromatic rings. The van der Waals surface area contributed by atoms with Gasteiger partial charge in [0.25, 0.3) is 0 Å². The van der Waals surface area contributed by atoms with Crippen LogP contribution in [0, 0.1) is 0 Å². The number of fused-ring (bicyclic) bond motifs is 9. The summed E-state index contributed by atoms with van der Waals surface area (Å²) in [6.45, 7) is 0. The number of hydrogen-bond acceptors (Lipinski definition) is 4. The molecule has 6 nitrogen and oxygen atoms in total. The molecule has 0 spiro atoms. The van der Waals surface area contributed by atoms with Crippen molar-refractivity contribution in [2.75, 3.05) is 0 Å². The van der Waals surface area contributed by atoms with Crippen LogP contribution in [0.5, 0.6) is 0 Å². The summed E-state index contributed by atoms with van der Waals surface area (Å²) in [5, 5.41) is 4.55. The van der Waals surface area contributed by atoms with E-state index in [2.05, 4.69) is 203 Å². The Kier molecular flexibility index (Phi) is 8.11. The Morgan fingerprint density at radius 3 is 1.02 bits per heavy atom. The summed E-state index contributed by atoms with van der Waals surface area (Å²) >= 11 is 0. The molecule has 6 heteroatoms. The topological polar surface area (TPSA) is 61.4 Å². The molecular weight excluding hydrogens is 781 g/mol. The Morgan fingerprint density at radius 2 is 0.609 bits per heavy atom. The third kappa shape index (κ3) is 5.66. The van der Waals surface area contributed by atoms with Gasteiger partial charge in [0.2, 0.25) is 0 Å². The maximum atomic E-state index is 5.50. The molecule has 0 aliphatic heterocycles. The van der Waals surface area contributed by atoms with Crippen molar-refractivity contribution in [3.8, 4) is 56.4 Å². The van der Waals surface area contributed by atoms with E-state index < -0.39 is 0 Å². The van der Waals surface area contributed by atoms with Crippen LogP contribution in [0.4, 0.5) is 0 Å². The zero-order valence-corrected chi connectivity index (χ0v) is 34.5. The van der Waals surface area contributed by atoms with E-state index in [0.717, 1.165) is 122 Å². The lowest BCUT2D eigenvalue weighted by molar-refractivity contribution is 1.07. The first-order valence-corrected chi connectivity index (χ1v) is 21.6. The molecule has 0 saturated carbocycles. The second kappa shape index (κ2) is 14.4. The van der Waals surface area contributed by atoms with Crippen LogP contribution in [0.1, 0.15) is 0 Å². The van der Waals surface area contributed by atoms with Crippen molar-refractivity contribution in [3.63, 3.8) is 0 Å². The van der Waals surface area contributed by atoms with Crippen molar-refractivity contribution in [3.05, 3.63) is 218 Å². The van der Waals surface area contributed by atoms with Gasteiger partial charge in [-0.3, -0.25) is 9.13 Å². The standard InChI is InChI=1S/C58H36N6/c1-5-17-37(18-6-1)41-29-31-45-47(35-41)59-55(39-21-9-3-10-22-39)57(61-45)63-49-27-15-13-25-43(49)53-51(63)33-34-52-54(53)44-26-14-16-28-50(44)64(52)58-56(40-23-11-4-12-24-40)60-48-36-42(30-32-46(48)62-58)38-19-7-2-8-20-38/h1-36H. The first-order chi connectivity index (χ1) is 31.7. The smallest absolute Gasteiger partial charge is 0.165 e. The molecule has 0 radical (unpaired) electrons. The molecule has 0 amide bonds.